The molecule has 0 unspecified atom stereocenters. The molecule has 5 nitrogen and oxygen atoms in total. The summed E-state index contributed by atoms with van der Waals surface area (Å²) in [5.41, 5.74) is 7.47. The number of hydrogen-bond acceptors (Lipinski definition) is 4. The summed E-state index contributed by atoms with van der Waals surface area (Å²) in [5.74, 6) is 1.06. The molecule has 0 radical (unpaired) electrons. The van der Waals surface area contributed by atoms with E-state index < -0.39 is 0 Å². The van der Waals surface area contributed by atoms with Gasteiger partial charge in [0, 0.05) is 30.5 Å². The summed E-state index contributed by atoms with van der Waals surface area (Å²) in [6, 6.07) is 16.8. The minimum atomic E-state index is 0.378. The number of fused-ring (bicyclic) bond motifs is 2. The molecule has 1 spiro atoms. The minimum Gasteiger partial charge on any atom is -0.355 e. The Morgan fingerprint density at radius 2 is 1.73 bits per heavy atom. The second-order valence-electron chi connectivity index (χ2n) is 8.81. The van der Waals surface area contributed by atoms with Crippen molar-refractivity contribution in [2.24, 2.45) is 5.41 Å². The minimum absolute atomic E-state index is 0.378. The van der Waals surface area contributed by atoms with E-state index in [4.69, 9.17) is 4.98 Å². The predicted octanol–water partition coefficient (Wildman–Crippen LogP) is 4.49. The van der Waals surface area contributed by atoms with Crippen LogP contribution in [0.2, 0.25) is 0 Å². The SMILES string of the molecule is Cc1nc(N2CCC3(CC2)Cc2cccnc2C3)c2ccnn2c1-c1ccccc1. The molecule has 0 atom stereocenters. The summed E-state index contributed by atoms with van der Waals surface area (Å²) >= 11 is 0. The zero-order valence-electron chi connectivity index (χ0n) is 17.3. The fraction of sp³-hybridized carbons (Fsp3) is 0.320. The van der Waals surface area contributed by atoms with Crippen molar-refractivity contribution in [1.29, 1.82) is 0 Å². The van der Waals surface area contributed by atoms with Crippen molar-refractivity contribution in [1.82, 2.24) is 19.6 Å². The number of aryl methyl sites for hydroxylation is 1. The van der Waals surface area contributed by atoms with Gasteiger partial charge in [-0.1, -0.05) is 36.4 Å². The van der Waals surface area contributed by atoms with Crippen LogP contribution in [0.4, 0.5) is 5.82 Å². The first-order valence-corrected chi connectivity index (χ1v) is 10.8. The molecule has 1 fully saturated rings. The maximum Gasteiger partial charge on any atom is 0.155 e. The number of anilines is 1. The van der Waals surface area contributed by atoms with E-state index in [0.29, 0.717) is 5.41 Å². The lowest BCUT2D eigenvalue weighted by atomic mass is 9.76. The van der Waals surface area contributed by atoms with Crippen molar-refractivity contribution in [2.75, 3.05) is 18.0 Å². The van der Waals surface area contributed by atoms with E-state index in [9.17, 15) is 0 Å². The molecular formula is C25H25N5. The fourth-order valence-corrected chi connectivity index (χ4v) is 5.39. The van der Waals surface area contributed by atoms with E-state index in [0.717, 1.165) is 47.8 Å². The lowest BCUT2D eigenvalue weighted by Gasteiger charge is -2.40. The largest absolute Gasteiger partial charge is 0.355 e. The first-order valence-electron chi connectivity index (χ1n) is 10.8. The van der Waals surface area contributed by atoms with E-state index in [2.05, 4.69) is 68.9 Å². The molecule has 1 saturated heterocycles. The van der Waals surface area contributed by atoms with Crippen LogP contribution >= 0.6 is 0 Å². The molecule has 1 aliphatic heterocycles. The third-order valence-corrected chi connectivity index (χ3v) is 6.96. The van der Waals surface area contributed by atoms with Crippen molar-refractivity contribution in [3.8, 4) is 11.3 Å². The number of pyridine rings is 1. The number of nitrogens with zero attached hydrogens (tertiary/aromatic N) is 5. The normalized spacial score (nSPS) is 17.6. The first-order chi connectivity index (χ1) is 14.7. The van der Waals surface area contributed by atoms with E-state index in [1.54, 1.807) is 0 Å². The molecule has 0 N–H and O–H groups in total. The highest BCUT2D eigenvalue weighted by atomic mass is 15.3. The number of aromatic nitrogens is 4. The molecular weight excluding hydrogens is 370 g/mol. The zero-order valence-corrected chi connectivity index (χ0v) is 17.3. The highest BCUT2D eigenvalue weighted by Crippen LogP contribution is 2.44. The summed E-state index contributed by atoms with van der Waals surface area (Å²) in [7, 11) is 0. The van der Waals surface area contributed by atoms with Crippen LogP contribution in [0.1, 0.15) is 29.8 Å². The van der Waals surface area contributed by atoms with E-state index >= 15 is 0 Å². The maximum atomic E-state index is 5.08. The molecule has 4 aromatic rings. The Balaban J connectivity index is 1.31. The molecule has 1 aromatic carbocycles. The topological polar surface area (TPSA) is 46.3 Å². The fourth-order valence-electron chi connectivity index (χ4n) is 5.39. The number of benzene rings is 1. The first kappa shape index (κ1) is 17.6. The molecule has 2 aliphatic rings. The molecule has 4 heterocycles. The Hall–Kier alpha value is -3.21. The highest BCUT2D eigenvalue weighted by Gasteiger charge is 2.41. The quantitative estimate of drug-likeness (QED) is 0.502. The van der Waals surface area contributed by atoms with Gasteiger partial charge in [0.05, 0.1) is 17.6 Å². The average Bonchev–Trinajstić information content (AvgIpc) is 3.39. The lowest BCUT2D eigenvalue weighted by Crippen LogP contribution is -2.41. The summed E-state index contributed by atoms with van der Waals surface area (Å²) < 4.78 is 2.06. The second kappa shape index (κ2) is 6.66. The molecule has 0 bridgehead atoms. The van der Waals surface area contributed by atoms with Gasteiger partial charge in [-0.15, -0.1) is 0 Å². The molecule has 0 saturated carbocycles. The highest BCUT2D eigenvalue weighted by molar-refractivity contribution is 5.75. The van der Waals surface area contributed by atoms with Gasteiger partial charge in [-0.3, -0.25) is 4.98 Å². The van der Waals surface area contributed by atoms with Gasteiger partial charge in [-0.05, 0) is 55.7 Å². The zero-order chi connectivity index (χ0) is 20.1. The molecule has 5 heteroatoms. The number of rotatable bonds is 2. The van der Waals surface area contributed by atoms with Gasteiger partial charge in [-0.25, -0.2) is 9.50 Å². The van der Waals surface area contributed by atoms with Gasteiger partial charge in [0.2, 0.25) is 0 Å². The van der Waals surface area contributed by atoms with Crippen LogP contribution in [0.3, 0.4) is 0 Å². The Morgan fingerprint density at radius 1 is 0.900 bits per heavy atom. The van der Waals surface area contributed by atoms with E-state index in [1.165, 1.54) is 30.5 Å². The van der Waals surface area contributed by atoms with Crippen LogP contribution in [-0.2, 0) is 12.8 Å². The Labute approximate surface area is 176 Å². The Kier molecular flexibility index (Phi) is 3.91. The lowest BCUT2D eigenvalue weighted by molar-refractivity contribution is 0.231. The average molecular weight is 396 g/mol. The maximum absolute atomic E-state index is 5.08. The van der Waals surface area contributed by atoms with Crippen LogP contribution in [0.15, 0.2) is 60.9 Å². The monoisotopic (exact) mass is 395 g/mol. The van der Waals surface area contributed by atoms with Crippen LogP contribution in [0.5, 0.6) is 0 Å². The molecule has 0 amide bonds. The molecule has 6 rings (SSSR count). The van der Waals surface area contributed by atoms with Crippen LogP contribution in [0, 0.1) is 12.3 Å². The van der Waals surface area contributed by atoms with Crippen LogP contribution in [-0.4, -0.2) is 32.7 Å². The summed E-state index contributed by atoms with van der Waals surface area (Å²) in [6.45, 7) is 4.16. The molecule has 30 heavy (non-hydrogen) atoms. The smallest absolute Gasteiger partial charge is 0.155 e. The summed E-state index contributed by atoms with van der Waals surface area (Å²) in [6.07, 6.45) is 8.49. The van der Waals surface area contributed by atoms with E-state index in [-0.39, 0.29) is 0 Å². The van der Waals surface area contributed by atoms with Gasteiger partial charge >= 0.3 is 0 Å². The van der Waals surface area contributed by atoms with Gasteiger partial charge in [0.25, 0.3) is 0 Å². The van der Waals surface area contributed by atoms with Gasteiger partial charge in [0.1, 0.15) is 5.52 Å². The van der Waals surface area contributed by atoms with Crippen molar-refractivity contribution in [3.63, 3.8) is 0 Å². The number of piperidine rings is 1. The van der Waals surface area contributed by atoms with Crippen molar-refractivity contribution >= 4 is 11.3 Å². The standard InChI is InChI=1S/C25H25N5/c1-18-23(19-6-3-2-4-7-19)30-22(9-13-27-30)24(28-18)29-14-10-25(11-15-29)16-20-8-5-12-26-21(20)17-25/h2-9,12-13H,10-11,14-17H2,1H3. The molecule has 1 aliphatic carbocycles. The summed E-state index contributed by atoms with van der Waals surface area (Å²) in [4.78, 5) is 12.2. The van der Waals surface area contributed by atoms with E-state index in [1.807, 2.05) is 18.5 Å². The summed E-state index contributed by atoms with van der Waals surface area (Å²) in [5, 5.41) is 4.65. The van der Waals surface area contributed by atoms with Crippen molar-refractivity contribution in [3.05, 3.63) is 77.9 Å². The van der Waals surface area contributed by atoms with Gasteiger partial charge < -0.3 is 4.90 Å². The van der Waals surface area contributed by atoms with Crippen LogP contribution < -0.4 is 4.90 Å². The Morgan fingerprint density at radius 3 is 2.53 bits per heavy atom. The van der Waals surface area contributed by atoms with Crippen LogP contribution in [0.25, 0.3) is 16.8 Å². The van der Waals surface area contributed by atoms with Gasteiger partial charge in [-0.2, -0.15) is 5.10 Å². The number of hydrogen-bond donors (Lipinski definition) is 0. The molecule has 3 aromatic heterocycles. The van der Waals surface area contributed by atoms with Crippen molar-refractivity contribution in [2.45, 2.75) is 32.6 Å². The second-order valence-corrected chi connectivity index (χ2v) is 8.81. The van der Waals surface area contributed by atoms with Gasteiger partial charge in [0.15, 0.2) is 5.82 Å². The Bertz CT molecular complexity index is 1190. The predicted molar refractivity (Wildman–Crippen MR) is 119 cm³/mol. The third-order valence-electron chi connectivity index (χ3n) is 6.96. The third kappa shape index (κ3) is 2.72. The van der Waals surface area contributed by atoms with Crippen molar-refractivity contribution < 1.29 is 0 Å². The molecule has 150 valence electrons.